The fraction of sp³-hybridized carbons (Fsp3) is 0.400. The van der Waals surface area contributed by atoms with Crippen LogP contribution >= 0.6 is 23.1 Å². The Labute approximate surface area is 155 Å². The molecule has 2 aromatic rings. The van der Waals surface area contributed by atoms with Gasteiger partial charge in [0.25, 0.3) is 5.91 Å². The number of aryl methyl sites for hydroxylation is 1. The Kier molecular flexibility index (Phi) is 5.38. The van der Waals surface area contributed by atoms with Crippen LogP contribution in [0.1, 0.15) is 22.3 Å². The second-order valence-electron chi connectivity index (χ2n) is 5.56. The average Bonchev–Trinajstić information content (AvgIpc) is 3.10. The van der Waals surface area contributed by atoms with E-state index in [2.05, 4.69) is 9.59 Å². The molecule has 25 heavy (non-hydrogen) atoms. The van der Waals surface area contributed by atoms with Gasteiger partial charge in [0.05, 0.1) is 10.6 Å². The lowest BCUT2D eigenvalue weighted by Crippen LogP contribution is -2.50. The van der Waals surface area contributed by atoms with Gasteiger partial charge in [-0.3, -0.25) is 4.79 Å². The van der Waals surface area contributed by atoms with Crippen LogP contribution in [0.15, 0.2) is 29.2 Å². The third-order valence-electron chi connectivity index (χ3n) is 4.04. The van der Waals surface area contributed by atoms with E-state index >= 15 is 0 Å². The van der Waals surface area contributed by atoms with Crippen LogP contribution in [-0.2, 0) is 16.4 Å². The summed E-state index contributed by atoms with van der Waals surface area (Å²) in [4.78, 5) is 14.9. The Morgan fingerprint density at radius 3 is 2.64 bits per heavy atom. The van der Waals surface area contributed by atoms with Crippen LogP contribution in [0.5, 0.6) is 0 Å². The van der Waals surface area contributed by atoms with Gasteiger partial charge in [-0.25, -0.2) is 8.42 Å². The van der Waals surface area contributed by atoms with E-state index in [0.29, 0.717) is 35.1 Å². The summed E-state index contributed by atoms with van der Waals surface area (Å²) in [5, 5.41) is 4.33. The number of carbonyl (C=O) groups is 1. The van der Waals surface area contributed by atoms with E-state index in [9.17, 15) is 13.2 Å². The van der Waals surface area contributed by atoms with Gasteiger partial charge in [0, 0.05) is 31.2 Å². The molecule has 1 saturated heterocycles. The van der Waals surface area contributed by atoms with Crippen LogP contribution < -0.4 is 0 Å². The summed E-state index contributed by atoms with van der Waals surface area (Å²) in [6.07, 6.45) is 0.640. The van der Waals surface area contributed by atoms with Gasteiger partial charge in [-0.15, -0.1) is 5.10 Å². The highest BCUT2D eigenvalue weighted by Gasteiger charge is 2.31. The zero-order chi connectivity index (χ0) is 18.0. The summed E-state index contributed by atoms with van der Waals surface area (Å²) in [6, 6.07) is 6.20. The third kappa shape index (κ3) is 3.69. The molecule has 0 saturated carbocycles. The predicted octanol–water partition coefficient (Wildman–Crippen LogP) is 1.90. The van der Waals surface area contributed by atoms with Crippen molar-refractivity contribution in [3.8, 4) is 0 Å². The zero-order valence-electron chi connectivity index (χ0n) is 13.6. The number of hydrogen-bond donors (Lipinski definition) is 0. The fourth-order valence-electron chi connectivity index (χ4n) is 2.65. The number of aromatic nitrogens is 2. The number of piperazine rings is 1. The van der Waals surface area contributed by atoms with Crippen molar-refractivity contribution in [3.63, 3.8) is 0 Å². The van der Waals surface area contributed by atoms with Gasteiger partial charge in [0.1, 0.15) is 4.88 Å². The van der Waals surface area contributed by atoms with E-state index in [-0.39, 0.29) is 23.9 Å². The van der Waals surface area contributed by atoms with E-state index in [1.807, 2.05) is 6.92 Å². The molecule has 3 rings (SSSR count). The van der Waals surface area contributed by atoms with E-state index in [0.717, 1.165) is 11.5 Å². The summed E-state index contributed by atoms with van der Waals surface area (Å²) in [6.45, 7) is 3.07. The lowest BCUT2D eigenvalue weighted by atomic mass is 10.2. The van der Waals surface area contributed by atoms with E-state index < -0.39 is 10.0 Å². The number of benzene rings is 1. The first-order valence-corrected chi connectivity index (χ1v) is 10.4. The smallest absolute Gasteiger partial charge is 0.267 e. The Bertz CT molecular complexity index is 876. The van der Waals surface area contributed by atoms with Gasteiger partial charge in [-0.2, -0.15) is 4.31 Å². The predicted molar refractivity (Wildman–Crippen MR) is 95.4 cm³/mol. The topological polar surface area (TPSA) is 83.5 Å². The summed E-state index contributed by atoms with van der Waals surface area (Å²) in [7, 11) is -3.61. The first-order chi connectivity index (χ1) is 11.9. The second-order valence-corrected chi connectivity index (χ2v) is 8.68. The van der Waals surface area contributed by atoms with Gasteiger partial charge in [-0.05, 0) is 36.2 Å². The summed E-state index contributed by atoms with van der Waals surface area (Å²) >= 11 is 6.98. The molecule has 0 atom stereocenters. The minimum absolute atomic E-state index is 0.133. The van der Waals surface area contributed by atoms with Crippen molar-refractivity contribution in [2.75, 3.05) is 26.2 Å². The lowest BCUT2D eigenvalue weighted by molar-refractivity contribution is 0.0701. The fourth-order valence-corrected chi connectivity index (χ4v) is 5.10. The molecule has 0 spiro atoms. The molecule has 1 aliphatic heterocycles. The lowest BCUT2D eigenvalue weighted by Gasteiger charge is -2.33. The monoisotopic (exact) mass is 400 g/mol. The molecule has 1 aliphatic rings. The highest BCUT2D eigenvalue weighted by molar-refractivity contribution is 7.89. The van der Waals surface area contributed by atoms with E-state index in [1.165, 1.54) is 16.4 Å². The van der Waals surface area contributed by atoms with Crippen molar-refractivity contribution in [2.45, 2.75) is 18.2 Å². The van der Waals surface area contributed by atoms with Gasteiger partial charge in [0.2, 0.25) is 10.0 Å². The standard InChI is InChI=1S/C15H17ClN4O3S2/c1-2-13-14(24-18-17-13)15(21)19-6-8-20(9-7-19)25(22,23)12-5-3-4-11(16)10-12/h3-5,10H,2,6-9H2,1H3. The summed E-state index contributed by atoms with van der Waals surface area (Å²) in [5.41, 5.74) is 0.684. The normalized spacial score (nSPS) is 16.2. The number of halogens is 1. The van der Waals surface area contributed by atoms with Gasteiger partial charge >= 0.3 is 0 Å². The number of nitrogens with zero attached hydrogens (tertiary/aromatic N) is 4. The second kappa shape index (κ2) is 7.36. The Hall–Kier alpha value is -1.55. The molecular weight excluding hydrogens is 384 g/mol. The Balaban J connectivity index is 1.70. The first-order valence-electron chi connectivity index (χ1n) is 7.79. The van der Waals surface area contributed by atoms with E-state index in [4.69, 9.17) is 11.6 Å². The molecule has 0 bridgehead atoms. The number of carbonyl (C=O) groups excluding carboxylic acids is 1. The summed E-state index contributed by atoms with van der Waals surface area (Å²) in [5.74, 6) is -0.133. The number of hydrogen-bond acceptors (Lipinski definition) is 6. The van der Waals surface area contributed by atoms with Crippen LogP contribution in [0, 0.1) is 0 Å². The minimum atomic E-state index is -3.61. The van der Waals surface area contributed by atoms with Crippen molar-refractivity contribution >= 4 is 39.1 Å². The maximum absolute atomic E-state index is 12.7. The first kappa shape index (κ1) is 18.2. The zero-order valence-corrected chi connectivity index (χ0v) is 15.9. The molecule has 10 heteroatoms. The van der Waals surface area contributed by atoms with Crippen molar-refractivity contribution in [1.82, 2.24) is 18.8 Å². The molecule has 0 aliphatic carbocycles. The maximum Gasteiger partial charge on any atom is 0.267 e. The van der Waals surface area contributed by atoms with Crippen LogP contribution in [0.2, 0.25) is 5.02 Å². The maximum atomic E-state index is 12.7. The largest absolute Gasteiger partial charge is 0.335 e. The SMILES string of the molecule is CCc1nnsc1C(=O)N1CCN(S(=O)(=O)c2cccc(Cl)c2)CC1. The van der Waals surface area contributed by atoms with Crippen LogP contribution in [0.25, 0.3) is 0 Å². The van der Waals surface area contributed by atoms with Gasteiger partial charge in [-0.1, -0.05) is 29.1 Å². The molecule has 1 fully saturated rings. The molecule has 0 unspecified atom stereocenters. The van der Waals surface area contributed by atoms with Gasteiger partial charge < -0.3 is 4.90 Å². The third-order valence-corrected chi connectivity index (χ3v) is 6.93. The average molecular weight is 401 g/mol. The molecule has 1 aromatic carbocycles. The molecule has 7 nitrogen and oxygen atoms in total. The molecular formula is C15H17ClN4O3S2. The molecule has 2 heterocycles. The van der Waals surface area contributed by atoms with Crippen molar-refractivity contribution < 1.29 is 13.2 Å². The Morgan fingerprint density at radius 2 is 2.00 bits per heavy atom. The highest BCUT2D eigenvalue weighted by atomic mass is 35.5. The Morgan fingerprint density at radius 1 is 1.28 bits per heavy atom. The number of sulfonamides is 1. The van der Waals surface area contributed by atoms with Gasteiger partial charge in [0.15, 0.2) is 0 Å². The molecule has 0 N–H and O–H groups in total. The van der Waals surface area contributed by atoms with Crippen LogP contribution in [-0.4, -0.2) is 59.3 Å². The van der Waals surface area contributed by atoms with Crippen LogP contribution in [0.3, 0.4) is 0 Å². The van der Waals surface area contributed by atoms with Crippen molar-refractivity contribution in [3.05, 3.63) is 39.9 Å². The number of amides is 1. The number of rotatable bonds is 4. The summed E-state index contributed by atoms with van der Waals surface area (Å²) < 4.78 is 30.6. The van der Waals surface area contributed by atoms with Crippen LogP contribution in [0.4, 0.5) is 0 Å². The quantitative estimate of drug-likeness (QED) is 0.782. The highest BCUT2D eigenvalue weighted by Crippen LogP contribution is 2.22. The van der Waals surface area contributed by atoms with Crippen molar-refractivity contribution in [1.29, 1.82) is 0 Å². The van der Waals surface area contributed by atoms with E-state index in [1.54, 1.807) is 17.0 Å². The molecule has 1 amide bonds. The molecule has 0 radical (unpaired) electrons. The van der Waals surface area contributed by atoms with Crippen molar-refractivity contribution in [2.24, 2.45) is 0 Å². The molecule has 134 valence electrons. The minimum Gasteiger partial charge on any atom is -0.335 e. The molecule has 1 aromatic heterocycles.